The largest absolute Gasteiger partial charge is 0.327 e. The van der Waals surface area contributed by atoms with E-state index in [1.54, 1.807) is 6.20 Å². The Morgan fingerprint density at radius 3 is 2.50 bits per heavy atom. The second kappa shape index (κ2) is 7.60. The van der Waals surface area contributed by atoms with Crippen molar-refractivity contribution in [2.24, 2.45) is 7.05 Å². The number of nitrogens with zero attached hydrogens (tertiary/aromatic N) is 5. The number of aryl methyl sites for hydroxylation is 2. The van der Waals surface area contributed by atoms with Gasteiger partial charge in [0.1, 0.15) is 5.82 Å². The first-order chi connectivity index (χ1) is 15.4. The molecule has 0 saturated carbocycles. The van der Waals surface area contributed by atoms with Crippen molar-refractivity contribution in [1.82, 2.24) is 24.3 Å². The lowest BCUT2D eigenvalue weighted by molar-refractivity contribution is 0.102. The minimum absolute atomic E-state index is 0.190. The smallest absolute Gasteiger partial charge is 0.257 e. The third-order valence-electron chi connectivity index (χ3n) is 5.68. The van der Waals surface area contributed by atoms with Crippen LogP contribution < -0.4 is 5.32 Å². The normalized spacial score (nSPS) is 11.5. The number of rotatable bonds is 4. The maximum atomic E-state index is 13.0. The maximum absolute atomic E-state index is 13.0. The Morgan fingerprint density at radius 1 is 1.03 bits per heavy atom. The summed E-state index contributed by atoms with van der Waals surface area (Å²) in [7, 11) is 2.01. The molecule has 0 unspecified atom stereocenters. The molecule has 160 valence electrons. The van der Waals surface area contributed by atoms with Gasteiger partial charge in [-0.15, -0.1) is 0 Å². The first-order valence-corrected chi connectivity index (χ1v) is 10.6. The van der Waals surface area contributed by atoms with Gasteiger partial charge in [0.2, 0.25) is 0 Å². The molecule has 0 aliphatic heterocycles. The Labute approximate surface area is 185 Å². The molecular formula is C25H24N6O. The number of para-hydroxylation sites is 2. The molecule has 5 rings (SSSR count). The van der Waals surface area contributed by atoms with Gasteiger partial charge in [-0.2, -0.15) is 5.10 Å². The molecule has 0 aliphatic rings. The van der Waals surface area contributed by atoms with Crippen LogP contribution in [0.25, 0.3) is 33.5 Å². The van der Waals surface area contributed by atoms with E-state index in [0.29, 0.717) is 11.3 Å². The number of anilines is 1. The zero-order valence-electron chi connectivity index (χ0n) is 18.5. The van der Waals surface area contributed by atoms with Gasteiger partial charge in [0.15, 0.2) is 5.65 Å². The van der Waals surface area contributed by atoms with Gasteiger partial charge in [0.25, 0.3) is 5.91 Å². The number of fused-ring (bicyclic) bond motifs is 2. The molecular weight excluding hydrogens is 400 g/mol. The molecule has 1 N–H and O–H groups in total. The zero-order chi connectivity index (χ0) is 22.4. The van der Waals surface area contributed by atoms with E-state index in [9.17, 15) is 4.79 Å². The predicted octanol–water partition coefficient (Wildman–Crippen LogP) is 5.13. The molecule has 0 spiro atoms. The lowest BCUT2D eigenvalue weighted by atomic mass is 10.1. The highest BCUT2D eigenvalue weighted by atomic mass is 16.1. The van der Waals surface area contributed by atoms with E-state index in [0.717, 1.165) is 39.1 Å². The molecule has 5 aromatic rings. The second-order valence-corrected chi connectivity index (χ2v) is 8.23. The van der Waals surface area contributed by atoms with Gasteiger partial charge in [-0.25, -0.2) is 14.6 Å². The maximum Gasteiger partial charge on any atom is 0.257 e. The Bertz CT molecular complexity index is 1460. The molecule has 2 aromatic carbocycles. The molecule has 3 aromatic heterocycles. The lowest BCUT2D eigenvalue weighted by Crippen LogP contribution is -2.14. The number of pyridine rings is 1. The fraction of sp³-hybridized carbons (Fsp3) is 0.200. The van der Waals surface area contributed by atoms with Gasteiger partial charge in [-0.05, 0) is 63.2 Å². The number of benzene rings is 2. The number of imidazole rings is 1. The highest BCUT2D eigenvalue weighted by Crippen LogP contribution is 2.25. The topological polar surface area (TPSA) is 77.6 Å². The Hall–Kier alpha value is -4.00. The number of amides is 1. The van der Waals surface area contributed by atoms with E-state index in [-0.39, 0.29) is 11.9 Å². The van der Waals surface area contributed by atoms with Crippen LogP contribution in [0.1, 0.15) is 35.9 Å². The van der Waals surface area contributed by atoms with Crippen LogP contribution in [0.3, 0.4) is 0 Å². The van der Waals surface area contributed by atoms with E-state index < -0.39 is 0 Å². The van der Waals surface area contributed by atoms with Gasteiger partial charge in [-0.3, -0.25) is 4.79 Å². The summed E-state index contributed by atoms with van der Waals surface area (Å²) in [5.41, 5.74) is 5.76. The summed E-state index contributed by atoms with van der Waals surface area (Å²) < 4.78 is 3.94. The number of hydrogen-bond acceptors (Lipinski definition) is 4. The van der Waals surface area contributed by atoms with Crippen molar-refractivity contribution in [3.8, 4) is 11.4 Å². The van der Waals surface area contributed by atoms with Crippen LogP contribution in [-0.4, -0.2) is 30.2 Å². The third-order valence-corrected chi connectivity index (χ3v) is 5.68. The summed E-state index contributed by atoms with van der Waals surface area (Å²) in [6.45, 7) is 5.96. The van der Waals surface area contributed by atoms with Crippen LogP contribution in [0.15, 0.2) is 60.8 Å². The number of carbonyl (C=O) groups is 1. The number of aromatic nitrogens is 5. The van der Waals surface area contributed by atoms with Gasteiger partial charge in [-0.1, -0.05) is 12.1 Å². The quantitative estimate of drug-likeness (QED) is 0.434. The fourth-order valence-corrected chi connectivity index (χ4v) is 3.98. The van der Waals surface area contributed by atoms with E-state index in [1.807, 2.05) is 67.2 Å². The minimum Gasteiger partial charge on any atom is -0.327 e. The molecule has 0 saturated heterocycles. The molecule has 7 heteroatoms. The predicted molar refractivity (Wildman–Crippen MR) is 127 cm³/mol. The minimum atomic E-state index is -0.190. The highest BCUT2D eigenvalue weighted by Gasteiger charge is 2.16. The third kappa shape index (κ3) is 3.32. The summed E-state index contributed by atoms with van der Waals surface area (Å²) in [5.74, 6) is 0.696. The number of nitrogens with one attached hydrogen (secondary N) is 1. The molecule has 32 heavy (non-hydrogen) atoms. The monoisotopic (exact) mass is 424 g/mol. The molecule has 3 heterocycles. The number of hydrogen-bond donors (Lipinski definition) is 1. The van der Waals surface area contributed by atoms with Crippen molar-refractivity contribution in [3.63, 3.8) is 0 Å². The van der Waals surface area contributed by atoms with Crippen LogP contribution in [0.2, 0.25) is 0 Å². The second-order valence-electron chi connectivity index (χ2n) is 8.23. The van der Waals surface area contributed by atoms with Gasteiger partial charge in [0, 0.05) is 29.7 Å². The van der Waals surface area contributed by atoms with Crippen molar-refractivity contribution < 1.29 is 4.79 Å². The molecule has 0 radical (unpaired) electrons. The summed E-state index contributed by atoms with van der Waals surface area (Å²) in [6, 6.07) is 17.8. The van der Waals surface area contributed by atoms with Crippen molar-refractivity contribution in [3.05, 3.63) is 72.1 Å². The molecule has 1 amide bonds. The standard InChI is InChI=1S/C25H24N6O/c1-15(2)31-24-18(14-26-31)13-20(16(3)27-24)25(32)28-19-11-9-17(10-12-19)23-29-21-7-5-6-8-22(21)30(23)4/h5-15H,1-4H3,(H,28,32). The van der Waals surface area contributed by atoms with Crippen molar-refractivity contribution in [2.45, 2.75) is 26.8 Å². The number of carbonyl (C=O) groups excluding carboxylic acids is 1. The van der Waals surface area contributed by atoms with Crippen molar-refractivity contribution in [2.75, 3.05) is 5.32 Å². The first kappa shape index (κ1) is 19.9. The van der Waals surface area contributed by atoms with Crippen LogP contribution in [0.4, 0.5) is 5.69 Å². The van der Waals surface area contributed by atoms with Crippen molar-refractivity contribution in [1.29, 1.82) is 0 Å². The van der Waals surface area contributed by atoms with Crippen molar-refractivity contribution >= 4 is 33.7 Å². The van der Waals surface area contributed by atoms with Gasteiger partial charge < -0.3 is 9.88 Å². The first-order valence-electron chi connectivity index (χ1n) is 10.6. The van der Waals surface area contributed by atoms with Crippen LogP contribution >= 0.6 is 0 Å². The van der Waals surface area contributed by atoms with E-state index in [1.165, 1.54) is 0 Å². The SMILES string of the molecule is Cc1nc2c(cnn2C(C)C)cc1C(=O)Nc1ccc(-c2nc3ccccc3n2C)cc1. The summed E-state index contributed by atoms with van der Waals surface area (Å²) in [4.78, 5) is 22.3. The van der Waals surface area contributed by atoms with E-state index >= 15 is 0 Å². The highest BCUT2D eigenvalue weighted by molar-refractivity contribution is 6.06. The van der Waals surface area contributed by atoms with E-state index in [4.69, 9.17) is 4.98 Å². The van der Waals surface area contributed by atoms with Gasteiger partial charge >= 0.3 is 0 Å². The summed E-state index contributed by atoms with van der Waals surface area (Å²) in [6.07, 6.45) is 1.75. The van der Waals surface area contributed by atoms with Gasteiger partial charge in [0.05, 0.1) is 28.5 Å². The van der Waals surface area contributed by atoms with Crippen LogP contribution in [0.5, 0.6) is 0 Å². The molecule has 0 bridgehead atoms. The summed E-state index contributed by atoms with van der Waals surface area (Å²) in [5, 5.41) is 8.23. The molecule has 7 nitrogen and oxygen atoms in total. The molecule has 0 aliphatic carbocycles. The molecule has 0 fully saturated rings. The van der Waals surface area contributed by atoms with E-state index in [2.05, 4.69) is 39.9 Å². The lowest BCUT2D eigenvalue weighted by Gasteiger charge is -2.10. The Morgan fingerprint density at radius 2 is 1.78 bits per heavy atom. The fourth-order valence-electron chi connectivity index (χ4n) is 3.98. The average Bonchev–Trinajstić information content (AvgIpc) is 3.35. The Kier molecular flexibility index (Phi) is 4.74. The van der Waals surface area contributed by atoms with Crippen LogP contribution in [-0.2, 0) is 7.05 Å². The van der Waals surface area contributed by atoms with Crippen LogP contribution in [0, 0.1) is 6.92 Å². The summed E-state index contributed by atoms with van der Waals surface area (Å²) >= 11 is 0. The average molecular weight is 425 g/mol. The Balaban J connectivity index is 1.40. The molecule has 0 atom stereocenters. The zero-order valence-corrected chi connectivity index (χ0v) is 18.5.